The predicted molar refractivity (Wildman–Crippen MR) is 93.0 cm³/mol. The molecule has 0 aliphatic rings. The van der Waals surface area contributed by atoms with Crippen LogP contribution in [0.2, 0.25) is 0 Å². The molecule has 0 aliphatic carbocycles. The lowest BCUT2D eigenvalue weighted by molar-refractivity contribution is -0.138. The normalized spacial score (nSPS) is 12.9. The molecule has 2 aromatic carbocycles. The van der Waals surface area contributed by atoms with Crippen LogP contribution in [0.4, 0.5) is 0 Å². The smallest absolute Gasteiger partial charge is 0.311 e. The van der Waals surface area contributed by atoms with E-state index in [0.717, 1.165) is 11.1 Å². The third kappa shape index (κ3) is 6.02. The van der Waals surface area contributed by atoms with Crippen LogP contribution in [0.1, 0.15) is 29.6 Å². The molecule has 0 radical (unpaired) electrons. The summed E-state index contributed by atoms with van der Waals surface area (Å²) in [6.07, 6.45) is -0.0953. The van der Waals surface area contributed by atoms with Crippen molar-refractivity contribution in [3.8, 4) is 0 Å². The minimum Gasteiger partial charge on any atom is -0.481 e. The quantitative estimate of drug-likeness (QED) is 0.649. The highest BCUT2D eigenvalue weighted by atomic mass is 35.5. The molecule has 4 nitrogen and oxygen atoms in total. The average Bonchev–Trinajstić information content (AvgIpc) is 2.56. The molecule has 2 rings (SSSR count). The first kappa shape index (κ1) is 19.2. The second kappa shape index (κ2) is 10.0. The standard InChI is InChI=1S/C18H21NO3.ClH/c20-17(15-9-5-2-6-10-15)13-19-12-11-16(18(21)22)14-7-3-1-4-8-14;/h1-10,16-17,19-20H,11-13H2,(H,21,22);1H/t16?,17-;/m0./s1. The molecular weight excluding hydrogens is 314 g/mol. The molecule has 1 unspecified atom stereocenters. The molecule has 124 valence electrons. The molecule has 0 aromatic heterocycles. The van der Waals surface area contributed by atoms with Gasteiger partial charge in [0.05, 0.1) is 12.0 Å². The Morgan fingerprint density at radius 3 is 2.00 bits per heavy atom. The number of carboxylic acids is 1. The molecule has 2 atom stereocenters. The van der Waals surface area contributed by atoms with Gasteiger partial charge in [-0.05, 0) is 24.1 Å². The Hall–Kier alpha value is -1.88. The number of carbonyl (C=O) groups is 1. The Morgan fingerprint density at radius 1 is 0.957 bits per heavy atom. The lowest BCUT2D eigenvalue weighted by Crippen LogP contribution is -2.25. The summed E-state index contributed by atoms with van der Waals surface area (Å²) in [6, 6.07) is 18.6. The van der Waals surface area contributed by atoms with E-state index in [4.69, 9.17) is 0 Å². The van der Waals surface area contributed by atoms with Gasteiger partial charge in [-0.25, -0.2) is 0 Å². The van der Waals surface area contributed by atoms with E-state index < -0.39 is 18.0 Å². The highest BCUT2D eigenvalue weighted by Gasteiger charge is 2.19. The minimum absolute atomic E-state index is 0. The van der Waals surface area contributed by atoms with Crippen LogP contribution in [0.25, 0.3) is 0 Å². The highest BCUT2D eigenvalue weighted by molar-refractivity contribution is 5.85. The number of hydrogen-bond acceptors (Lipinski definition) is 3. The van der Waals surface area contributed by atoms with Gasteiger partial charge in [-0.3, -0.25) is 4.79 Å². The number of halogens is 1. The molecule has 2 aromatic rings. The summed E-state index contributed by atoms with van der Waals surface area (Å²) in [5.74, 6) is -1.35. The Kier molecular flexibility index (Phi) is 8.33. The van der Waals surface area contributed by atoms with Gasteiger partial charge in [0.15, 0.2) is 0 Å². The molecule has 23 heavy (non-hydrogen) atoms. The number of benzene rings is 2. The molecule has 0 spiro atoms. The van der Waals surface area contributed by atoms with Crippen LogP contribution in [0, 0.1) is 0 Å². The van der Waals surface area contributed by atoms with Gasteiger partial charge < -0.3 is 15.5 Å². The molecule has 0 aliphatic heterocycles. The lowest BCUT2D eigenvalue weighted by Gasteiger charge is -2.15. The monoisotopic (exact) mass is 335 g/mol. The van der Waals surface area contributed by atoms with Crippen molar-refractivity contribution >= 4 is 18.4 Å². The van der Waals surface area contributed by atoms with E-state index in [9.17, 15) is 15.0 Å². The third-order valence-electron chi connectivity index (χ3n) is 3.63. The number of nitrogens with one attached hydrogen (secondary N) is 1. The maximum atomic E-state index is 11.4. The van der Waals surface area contributed by atoms with Gasteiger partial charge in [-0.15, -0.1) is 12.4 Å². The second-order valence-corrected chi connectivity index (χ2v) is 5.22. The first-order valence-electron chi connectivity index (χ1n) is 7.40. The SMILES string of the molecule is Cl.O=C(O)C(CCNC[C@H](O)c1ccccc1)c1ccccc1. The fourth-order valence-corrected chi connectivity index (χ4v) is 2.40. The van der Waals surface area contributed by atoms with Gasteiger partial charge >= 0.3 is 5.97 Å². The highest BCUT2D eigenvalue weighted by Crippen LogP contribution is 2.19. The van der Waals surface area contributed by atoms with Gasteiger partial charge in [-0.1, -0.05) is 60.7 Å². The van der Waals surface area contributed by atoms with Crippen molar-refractivity contribution in [3.63, 3.8) is 0 Å². The lowest BCUT2D eigenvalue weighted by atomic mass is 9.96. The number of aliphatic carboxylic acids is 1. The minimum atomic E-state index is -0.823. The fourth-order valence-electron chi connectivity index (χ4n) is 2.40. The summed E-state index contributed by atoms with van der Waals surface area (Å²) >= 11 is 0. The van der Waals surface area contributed by atoms with Crippen LogP contribution in [0.15, 0.2) is 60.7 Å². The Labute approximate surface area is 142 Å². The van der Waals surface area contributed by atoms with E-state index in [1.807, 2.05) is 60.7 Å². The van der Waals surface area contributed by atoms with Crippen LogP contribution in [-0.4, -0.2) is 29.3 Å². The Balaban J connectivity index is 0.00000264. The van der Waals surface area contributed by atoms with Crippen LogP contribution >= 0.6 is 12.4 Å². The van der Waals surface area contributed by atoms with E-state index >= 15 is 0 Å². The Morgan fingerprint density at radius 2 is 1.48 bits per heavy atom. The van der Waals surface area contributed by atoms with E-state index in [2.05, 4.69) is 5.32 Å². The molecule has 0 amide bonds. The molecule has 0 heterocycles. The van der Waals surface area contributed by atoms with E-state index in [0.29, 0.717) is 19.5 Å². The zero-order valence-electron chi connectivity index (χ0n) is 12.8. The molecule has 0 saturated heterocycles. The topological polar surface area (TPSA) is 69.6 Å². The van der Waals surface area contributed by atoms with Crippen molar-refractivity contribution in [2.45, 2.75) is 18.4 Å². The third-order valence-corrected chi connectivity index (χ3v) is 3.63. The van der Waals surface area contributed by atoms with Gasteiger partial charge in [0, 0.05) is 6.54 Å². The van der Waals surface area contributed by atoms with E-state index in [1.54, 1.807) is 0 Å². The predicted octanol–water partition coefficient (Wildman–Crippen LogP) is 2.99. The number of rotatable bonds is 8. The van der Waals surface area contributed by atoms with Crippen molar-refractivity contribution < 1.29 is 15.0 Å². The molecule has 0 saturated carbocycles. The molecule has 3 N–H and O–H groups in total. The Bertz CT molecular complexity index is 577. The zero-order chi connectivity index (χ0) is 15.8. The largest absolute Gasteiger partial charge is 0.481 e. The molecule has 5 heteroatoms. The first-order valence-corrected chi connectivity index (χ1v) is 7.40. The van der Waals surface area contributed by atoms with Crippen LogP contribution in [0.5, 0.6) is 0 Å². The van der Waals surface area contributed by atoms with Crippen molar-refractivity contribution in [2.24, 2.45) is 0 Å². The average molecular weight is 336 g/mol. The summed E-state index contributed by atoms with van der Waals surface area (Å²) < 4.78 is 0. The number of hydrogen-bond donors (Lipinski definition) is 3. The molecule has 0 fully saturated rings. The summed E-state index contributed by atoms with van der Waals surface area (Å²) in [5.41, 5.74) is 1.66. The van der Waals surface area contributed by atoms with Crippen LogP contribution < -0.4 is 5.32 Å². The van der Waals surface area contributed by atoms with Crippen molar-refractivity contribution in [1.29, 1.82) is 0 Å². The number of carboxylic acid groups (broad SMARTS) is 1. The zero-order valence-corrected chi connectivity index (χ0v) is 13.6. The maximum Gasteiger partial charge on any atom is 0.311 e. The summed E-state index contributed by atoms with van der Waals surface area (Å²) in [7, 11) is 0. The van der Waals surface area contributed by atoms with E-state index in [-0.39, 0.29) is 12.4 Å². The first-order chi connectivity index (χ1) is 10.7. The van der Waals surface area contributed by atoms with Crippen LogP contribution in [-0.2, 0) is 4.79 Å². The van der Waals surface area contributed by atoms with Gasteiger partial charge in [-0.2, -0.15) is 0 Å². The van der Waals surface area contributed by atoms with E-state index in [1.165, 1.54) is 0 Å². The number of aliphatic hydroxyl groups is 1. The van der Waals surface area contributed by atoms with Crippen molar-refractivity contribution in [1.82, 2.24) is 5.32 Å². The maximum absolute atomic E-state index is 11.4. The molecule has 0 bridgehead atoms. The fraction of sp³-hybridized carbons (Fsp3) is 0.278. The summed E-state index contributed by atoms with van der Waals surface area (Å²) in [5, 5.41) is 22.5. The molecular formula is C18H22ClNO3. The summed E-state index contributed by atoms with van der Waals surface area (Å²) in [4.78, 5) is 11.4. The van der Waals surface area contributed by atoms with Crippen molar-refractivity contribution in [3.05, 3.63) is 71.8 Å². The van der Waals surface area contributed by atoms with Gasteiger partial charge in [0.25, 0.3) is 0 Å². The van der Waals surface area contributed by atoms with Gasteiger partial charge in [0.2, 0.25) is 0 Å². The van der Waals surface area contributed by atoms with Crippen LogP contribution in [0.3, 0.4) is 0 Å². The second-order valence-electron chi connectivity index (χ2n) is 5.22. The van der Waals surface area contributed by atoms with Crippen molar-refractivity contribution in [2.75, 3.05) is 13.1 Å². The summed E-state index contributed by atoms with van der Waals surface area (Å²) in [6.45, 7) is 0.945. The van der Waals surface area contributed by atoms with Gasteiger partial charge in [0.1, 0.15) is 0 Å². The number of aliphatic hydroxyl groups excluding tert-OH is 1.